The predicted molar refractivity (Wildman–Crippen MR) is 127 cm³/mol. The quantitative estimate of drug-likeness (QED) is 0.500. The molecule has 0 saturated heterocycles. The largest absolute Gasteiger partial charge is 0.491 e. The van der Waals surface area contributed by atoms with Gasteiger partial charge in [-0.1, -0.05) is 18.2 Å². The number of hydrogen-bond acceptors (Lipinski definition) is 6. The van der Waals surface area contributed by atoms with Crippen LogP contribution in [-0.4, -0.2) is 28.1 Å². The third kappa shape index (κ3) is 4.48. The second-order valence-electron chi connectivity index (χ2n) is 8.12. The first kappa shape index (κ1) is 20.9. The van der Waals surface area contributed by atoms with Gasteiger partial charge in [-0.05, 0) is 48.4 Å². The molecule has 0 unspecified atom stereocenters. The summed E-state index contributed by atoms with van der Waals surface area (Å²) in [5, 5.41) is 0. The molecular formula is C26H24FN5O. The van der Waals surface area contributed by atoms with Crippen LogP contribution in [0.3, 0.4) is 0 Å². The van der Waals surface area contributed by atoms with Gasteiger partial charge in [-0.15, -0.1) is 0 Å². The molecule has 0 radical (unpaired) electrons. The molecule has 5 rings (SSSR count). The van der Waals surface area contributed by atoms with Gasteiger partial charge in [-0.3, -0.25) is 4.98 Å². The summed E-state index contributed by atoms with van der Waals surface area (Å²) in [5.74, 6) is 0.902. The number of anilines is 2. The number of hydrogen-bond donors (Lipinski definition) is 1. The van der Waals surface area contributed by atoms with Crippen molar-refractivity contribution in [3.05, 3.63) is 95.3 Å². The maximum atomic E-state index is 13.4. The molecule has 0 amide bonds. The van der Waals surface area contributed by atoms with Crippen LogP contribution in [0.15, 0.2) is 67.1 Å². The first-order valence-corrected chi connectivity index (χ1v) is 10.8. The van der Waals surface area contributed by atoms with Crippen LogP contribution in [0.4, 0.5) is 16.0 Å². The lowest BCUT2D eigenvalue weighted by Gasteiger charge is -2.26. The average molecular weight is 442 g/mol. The van der Waals surface area contributed by atoms with E-state index >= 15 is 0 Å². The molecule has 33 heavy (non-hydrogen) atoms. The van der Waals surface area contributed by atoms with Gasteiger partial charge in [-0.2, -0.15) is 0 Å². The van der Waals surface area contributed by atoms with E-state index < -0.39 is 0 Å². The van der Waals surface area contributed by atoms with E-state index in [0.717, 1.165) is 51.5 Å². The van der Waals surface area contributed by atoms with Crippen LogP contribution >= 0.6 is 0 Å². The summed E-state index contributed by atoms with van der Waals surface area (Å²) in [4.78, 5) is 15.1. The Kier molecular flexibility index (Phi) is 5.60. The average Bonchev–Trinajstić information content (AvgIpc) is 3.04. The summed E-state index contributed by atoms with van der Waals surface area (Å²) < 4.78 is 19.4. The van der Waals surface area contributed by atoms with Crippen molar-refractivity contribution in [2.75, 3.05) is 23.8 Å². The van der Waals surface area contributed by atoms with E-state index in [9.17, 15) is 4.39 Å². The Labute approximate surface area is 191 Å². The van der Waals surface area contributed by atoms with Gasteiger partial charge in [0.25, 0.3) is 0 Å². The van der Waals surface area contributed by atoms with Crippen molar-refractivity contribution in [2.45, 2.75) is 19.9 Å². The van der Waals surface area contributed by atoms with E-state index in [0.29, 0.717) is 19.6 Å². The number of nitrogen functional groups attached to an aromatic ring is 1. The number of aromatic nitrogens is 3. The minimum Gasteiger partial charge on any atom is -0.491 e. The van der Waals surface area contributed by atoms with E-state index in [2.05, 4.69) is 32.0 Å². The Morgan fingerprint density at radius 2 is 1.79 bits per heavy atom. The number of aryl methyl sites for hydroxylation is 1. The number of pyridine rings is 1. The normalized spacial score (nSPS) is 13.2. The Morgan fingerprint density at radius 3 is 2.58 bits per heavy atom. The highest BCUT2D eigenvalue weighted by Gasteiger charge is 2.20. The summed E-state index contributed by atoms with van der Waals surface area (Å²) in [6, 6.07) is 14.8. The van der Waals surface area contributed by atoms with Gasteiger partial charge in [0, 0.05) is 59.6 Å². The fraction of sp³-hybridized carbons (Fsp3) is 0.192. The van der Waals surface area contributed by atoms with Gasteiger partial charge in [0.05, 0.1) is 6.54 Å². The van der Waals surface area contributed by atoms with Gasteiger partial charge in [0.2, 0.25) is 5.95 Å². The highest BCUT2D eigenvalue weighted by Crippen LogP contribution is 2.33. The molecular weight excluding hydrogens is 417 g/mol. The van der Waals surface area contributed by atoms with Crippen LogP contribution in [0.2, 0.25) is 0 Å². The molecule has 0 fully saturated rings. The lowest BCUT2D eigenvalue weighted by atomic mass is 10.0. The first-order chi connectivity index (χ1) is 16.1. The molecule has 2 aromatic carbocycles. The van der Waals surface area contributed by atoms with E-state index in [1.165, 1.54) is 12.1 Å². The van der Waals surface area contributed by atoms with E-state index in [1.807, 2.05) is 37.4 Å². The van der Waals surface area contributed by atoms with Gasteiger partial charge >= 0.3 is 0 Å². The Morgan fingerprint density at radius 1 is 1.00 bits per heavy atom. The molecule has 2 aromatic heterocycles. The predicted octanol–water partition coefficient (Wildman–Crippen LogP) is 4.56. The molecule has 3 heterocycles. The Balaban J connectivity index is 1.48. The molecule has 2 N–H and O–H groups in total. The highest BCUT2D eigenvalue weighted by atomic mass is 19.1. The molecule has 0 aliphatic carbocycles. The zero-order valence-corrected chi connectivity index (χ0v) is 18.3. The van der Waals surface area contributed by atoms with Crippen molar-refractivity contribution >= 4 is 11.6 Å². The molecule has 1 aliphatic heterocycles. The lowest BCUT2D eigenvalue weighted by Crippen LogP contribution is -2.26. The van der Waals surface area contributed by atoms with Crippen LogP contribution in [0.1, 0.15) is 22.4 Å². The number of rotatable bonds is 4. The van der Waals surface area contributed by atoms with Crippen LogP contribution in [0.5, 0.6) is 5.75 Å². The van der Waals surface area contributed by atoms with Crippen LogP contribution in [0.25, 0.3) is 11.1 Å². The number of fused-ring (bicyclic) bond motifs is 1. The van der Waals surface area contributed by atoms with E-state index in [-0.39, 0.29) is 11.8 Å². The maximum Gasteiger partial charge on any atom is 0.219 e. The van der Waals surface area contributed by atoms with Crippen molar-refractivity contribution in [2.24, 2.45) is 0 Å². The third-order valence-corrected chi connectivity index (χ3v) is 5.93. The molecule has 4 aromatic rings. The topological polar surface area (TPSA) is 77.2 Å². The molecule has 0 saturated carbocycles. The number of benzene rings is 2. The molecule has 7 heteroatoms. The second kappa shape index (κ2) is 8.86. The number of nitrogens with zero attached hydrogens (tertiary/aromatic N) is 4. The minimum absolute atomic E-state index is 0.231. The van der Waals surface area contributed by atoms with Crippen molar-refractivity contribution in [3.8, 4) is 16.9 Å². The van der Waals surface area contributed by atoms with Gasteiger partial charge in [0.1, 0.15) is 18.2 Å². The SMILES string of the molecule is Cc1nccc(N2CCOc3ccc(-c4cnc(N)nc4)cc3C2)c1Cc1ccc(F)cc1. The third-order valence-electron chi connectivity index (χ3n) is 5.93. The smallest absolute Gasteiger partial charge is 0.219 e. The van der Waals surface area contributed by atoms with Crippen molar-refractivity contribution in [1.29, 1.82) is 0 Å². The van der Waals surface area contributed by atoms with Gasteiger partial charge in [0.15, 0.2) is 0 Å². The number of ether oxygens (including phenoxy) is 1. The molecule has 166 valence electrons. The van der Waals surface area contributed by atoms with Crippen molar-refractivity contribution in [3.63, 3.8) is 0 Å². The minimum atomic E-state index is -0.231. The fourth-order valence-corrected chi connectivity index (χ4v) is 4.17. The summed E-state index contributed by atoms with van der Waals surface area (Å²) in [6.45, 7) is 4.03. The van der Waals surface area contributed by atoms with Gasteiger partial charge in [-0.25, -0.2) is 14.4 Å². The van der Waals surface area contributed by atoms with Crippen LogP contribution < -0.4 is 15.4 Å². The highest BCUT2D eigenvalue weighted by molar-refractivity contribution is 5.65. The Bertz CT molecular complexity index is 1280. The summed E-state index contributed by atoms with van der Waals surface area (Å²) in [7, 11) is 0. The van der Waals surface area contributed by atoms with Crippen molar-refractivity contribution in [1.82, 2.24) is 15.0 Å². The number of halogens is 1. The second-order valence-corrected chi connectivity index (χ2v) is 8.12. The summed E-state index contributed by atoms with van der Waals surface area (Å²) >= 11 is 0. The number of nitrogens with two attached hydrogens (primary N) is 1. The molecule has 0 atom stereocenters. The summed E-state index contributed by atoms with van der Waals surface area (Å²) in [6.07, 6.45) is 5.98. The summed E-state index contributed by atoms with van der Waals surface area (Å²) in [5.41, 5.74) is 12.9. The van der Waals surface area contributed by atoms with Gasteiger partial charge < -0.3 is 15.4 Å². The van der Waals surface area contributed by atoms with Crippen LogP contribution in [-0.2, 0) is 13.0 Å². The molecule has 0 bridgehead atoms. The van der Waals surface area contributed by atoms with E-state index in [4.69, 9.17) is 10.5 Å². The standard InChI is InChI=1S/C26H24FN5O/c1-17-23(12-18-2-5-22(27)6-3-18)24(8-9-29-17)32-10-11-33-25-7-4-19(13-20(25)16-32)21-14-30-26(28)31-15-21/h2-9,13-15H,10-12,16H2,1H3,(H2,28,30,31). The Hall–Kier alpha value is -4.00. The lowest BCUT2D eigenvalue weighted by molar-refractivity contribution is 0.331. The fourth-order valence-electron chi connectivity index (χ4n) is 4.17. The molecule has 0 spiro atoms. The van der Waals surface area contributed by atoms with Crippen molar-refractivity contribution < 1.29 is 9.13 Å². The zero-order chi connectivity index (χ0) is 22.8. The molecule has 1 aliphatic rings. The molecule has 6 nitrogen and oxygen atoms in total. The van der Waals surface area contributed by atoms with E-state index in [1.54, 1.807) is 12.4 Å². The monoisotopic (exact) mass is 441 g/mol. The first-order valence-electron chi connectivity index (χ1n) is 10.8. The van der Waals surface area contributed by atoms with Crippen LogP contribution in [0, 0.1) is 12.7 Å². The zero-order valence-electron chi connectivity index (χ0n) is 18.3. The maximum absolute atomic E-state index is 13.4.